The molecule has 0 spiro atoms. The van der Waals surface area contributed by atoms with Gasteiger partial charge in [0.25, 0.3) is 5.91 Å². The van der Waals surface area contributed by atoms with Gasteiger partial charge in [-0.2, -0.15) is 0 Å². The second-order valence-electron chi connectivity index (χ2n) is 4.73. The van der Waals surface area contributed by atoms with E-state index in [9.17, 15) is 4.79 Å². The van der Waals surface area contributed by atoms with Crippen LogP contribution in [0.2, 0.25) is 0 Å². The molecule has 102 valence electrons. The molecule has 0 unspecified atom stereocenters. The molecule has 1 aliphatic rings. The quantitative estimate of drug-likeness (QED) is 0.846. The monoisotopic (exact) mass is 284 g/mol. The molecule has 2 aromatic carbocycles. The molecule has 4 heteroatoms. The third-order valence-electron chi connectivity index (χ3n) is 3.43. The number of carbonyl (C=O) groups is 1. The minimum Gasteiger partial charge on any atom is -0.384 e. The molecule has 0 saturated heterocycles. The fourth-order valence-corrected chi connectivity index (χ4v) is 2.72. The summed E-state index contributed by atoms with van der Waals surface area (Å²) in [5.74, 6) is -0.0709. The fourth-order valence-electron chi connectivity index (χ4n) is 2.31. The van der Waals surface area contributed by atoms with Crippen LogP contribution in [0, 0.1) is 0 Å². The van der Waals surface area contributed by atoms with Crippen molar-refractivity contribution in [2.45, 2.75) is 11.3 Å². The highest BCUT2D eigenvalue weighted by atomic mass is 32.2. The van der Waals surface area contributed by atoms with Crippen molar-refractivity contribution >= 4 is 29.0 Å². The van der Waals surface area contributed by atoms with Gasteiger partial charge in [-0.05, 0) is 54.6 Å². The SMILES string of the molecule is CSc1ccc(NC(=O)c2ccc3c(c2)NCC3)cc1. The van der Waals surface area contributed by atoms with Crippen LogP contribution in [0.5, 0.6) is 0 Å². The molecular weight excluding hydrogens is 268 g/mol. The first-order valence-electron chi connectivity index (χ1n) is 6.58. The minimum atomic E-state index is -0.0709. The van der Waals surface area contributed by atoms with Gasteiger partial charge in [0.1, 0.15) is 0 Å². The number of fused-ring (bicyclic) bond motifs is 1. The Kier molecular flexibility index (Phi) is 3.65. The van der Waals surface area contributed by atoms with Crippen LogP contribution >= 0.6 is 11.8 Å². The number of nitrogens with one attached hydrogen (secondary N) is 2. The first-order chi connectivity index (χ1) is 9.76. The maximum absolute atomic E-state index is 12.2. The maximum atomic E-state index is 12.2. The molecule has 3 rings (SSSR count). The number of hydrogen-bond donors (Lipinski definition) is 2. The normalized spacial score (nSPS) is 12.7. The lowest BCUT2D eigenvalue weighted by Gasteiger charge is -2.07. The molecule has 0 bridgehead atoms. The number of hydrogen-bond acceptors (Lipinski definition) is 3. The van der Waals surface area contributed by atoms with E-state index in [1.165, 1.54) is 10.5 Å². The summed E-state index contributed by atoms with van der Waals surface area (Å²) in [6.07, 6.45) is 3.07. The summed E-state index contributed by atoms with van der Waals surface area (Å²) in [4.78, 5) is 13.4. The summed E-state index contributed by atoms with van der Waals surface area (Å²) in [5, 5.41) is 6.22. The van der Waals surface area contributed by atoms with Crippen LogP contribution in [0.25, 0.3) is 0 Å². The van der Waals surface area contributed by atoms with Crippen LogP contribution in [-0.4, -0.2) is 18.7 Å². The van der Waals surface area contributed by atoms with Gasteiger partial charge in [0.15, 0.2) is 0 Å². The topological polar surface area (TPSA) is 41.1 Å². The van der Waals surface area contributed by atoms with Gasteiger partial charge in [-0.25, -0.2) is 0 Å². The predicted octanol–water partition coefficient (Wildman–Crippen LogP) is 3.63. The smallest absolute Gasteiger partial charge is 0.255 e. The van der Waals surface area contributed by atoms with Crippen molar-refractivity contribution in [3.8, 4) is 0 Å². The van der Waals surface area contributed by atoms with Gasteiger partial charge in [0.2, 0.25) is 0 Å². The van der Waals surface area contributed by atoms with Crippen molar-refractivity contribution in [1.29, 1.82) is 0 Å². The summed E-state index contributed by atoms with van der Waals surface area (Å²) in [7, 11) is 0. The Balaban J connectivity index is 1.75. The van der Waals surface area contributed by atoms with Crippen LogP contribution in [0.15, 0.2) is 47.4 Å². The van der Waals surface area contributed by atoms with E-state index in [1.54, 1.807) is 11.8 Å². The Morgan fingerprint density at radius 1 is 1.20 bits per heavy atom. The van der Waals surface area contributed by atoms with Gasteiger partial charge in [-0.3, -0.25) is 4.79 Å². The lowest BCUT2D eigenvalue weighted by atomic mass is 10.1. The number of rotatable bonds is 3. The van der Waals surface area contributed by atoms with Gasteiger partial charge in [0, 0.05) is 28.4 Å². The van der Waals surface area contributed by atoms with E-state index >= 15 is 0 Å². The van der Waals surface area contributed by atoms with Crippen LogP contribution < -0.4 is 10.6 Å². The average molecular weight is 284 g/mol. The highest BCUT2D eigenvalue weighted by Crippen LogP contribution is 2.24. The fraction of sp³-hybridized carbons (Fsp3) is 0.188. The number of thioether (sulfide) groups is 1. The molecular formula is C16H16N2OS. The Labute approximate surface area is 122 Å². The van der Waals surface area contributed by atoms with Crippen LogP contribution in [0.3, 0.4) is 0 Å². The molecule has 0 saturated carbocycles. The highest BCUT2D eigenvalue weighted by Gasteiger charge is 2.13. The summed E-state index contributed by atoms with van der Waals surface area (Å²) in [6.45, 7) is 0.955. The largest absolute Gasteiger partial charge is 0.384 e. The van der Waals surface area contributed by atoms with E-state index < -0.39 is 0 Å². The lowest BCUT2D eigenvalue weighted by Crippen LogP contribution is -2.12. The van der Waals surface area contributed by atoms with Crippen LogP contribution in [0.1, 0.15) is 15.9 Å². The zero-order chi connectivity index (χ0) is 13.9. The second kappa shape index (κ2) is 5.59. The van der Waals surface area contributed by atoms with Crippen molar-refractivity contribution in [1.82, 2.24) is 0 Å². The third-order valence-corrected chi connectivity index (χ3v) is 4.17. The van der Waals surface area contributed by atoms with Crippen LogP contribution in [-0.2, 0) is 6.42 Å². The molecule has 2 N–H and O–H groups in total. The van der Waals surface area contributed by atoms with Crippen molar-refractivity contribution in [3.63, 3.8) is 0 Å². The number of carbonyl (C=O) groups excluding carboxylic acids is 1. The number of anilines is 2. The molecule has 3 nitrogen and oxygen atoms in total. The van der Waals surface area contributed by atoms with E-state index in [2.05, 4.69) is 10.6 Å². The molecule has 20 heavy (non-hydrogen) atoms. The number of benzene rings is 2. The first kappa shape index (κ1) is 13.1. The third kappa shape index (κ3) is 2.65. The van der Waals surface area contributed by atoms with Gasteiger partial charge in [-0.1, -0.05) is 6.07 Å². The minimum absolute atomic E-state index is 0.0709. The Morgan fingerprint density at radius 3 is 2.75 bits per heavy atom. The molecule has 0 fully saturated rings. The summed E-state index contributed by atoms with van der Waals surface area (Å²) in [6, 6.07) is 13.7. The van der Waals surface area contributed by atoms with E-state index in [-0.39, 0.29) is 5.91 Å². The number of amides is 1. The second-order valence-corrected chi connectivity index (χ2v) is 5.61. The van der Waals surface area contributed by atoms with Gasteiger partial charge >= 0.3 is 0 Å². The van der Waals surface area contributed by atoms with E-state index in [0.717, 1.165) is 24.3 Å². The molecule has 1 amide bonds. The summed E-state index contributed by atoms with van der Waals surface area (Å²) >= 11 is 1.69. The Morgan fingerprint density at radius 2 is 2.00 bits per heavy atom. The molecule has 0 radical (unpaired) electrons. The maximum Gasteiger partial charge on any atom is 0.255 e. The van der Waals surface area contributed by atoms with Crippen molar-refractivity contribution in [3.05, 3.63) is 53.6 Å². The van der Waals surface area contributed by atoms with E-state index in [4.69, 9.17) is 0 Å². The van der Waals surface area contributed by atoms with Gasteiger partial charge in [0.05, 0.1) is 0 Å². The average Bonchev–Trinajstić information content (AvgIpc) is 2.95. The van der Waals surface area contributed by atoms with Crippen molar-refractivity contribution in [2.75, 3.05) is 23.4 Å². The molecule has 0 aliphatic carbocycles. The molecule has 1 heterocycles. The zero-order valence-electron chi connectivity index (χ0n) is 11.3. The Hall–Kier alpha value is -1.94. The van der Waals surface area contributed by atoms with Crippen LogP contribution in [0.4, 0.5) is 11.4 Å². The molecule has 2 aromatic rings. The summed E-state index contributed by atoms with van der Waals surface area (Å²) in [5.41, 5.74) is 3.87. The molecule has 0 aromatic heterocycles. The summed E-state index contributed by atoms with van der Waals surface area (Å²) < 4.78 is 0. The van der Waals surface area contributed by atoms with Gasteiger partial charge < -0.3 is 10.6 Å². The van der Waals surface area contributed by atoms with E-state index in [1.807, 2.05) is 48.7 Å². The zero-order valence-corrected chi connectivity index (χ0v) is 12.1. The predicted molar refractivity (Wildman–Crippen MR) is 84.8 cm³/mol. The molecule has 1 aliphatic heterocycles. The van der Waals surface area contributed by atoms with Gasteiger partial charge in [-0.15, -0.1) is 11.8 Å². The Bertz CT molecular complexity index is 637. The molecule has 0 atom stereocenters. The van der Waals surface area contributed by atoms with E-state index in [0.29, 0.717) is 5.56 Å². The standard InChI is InChI=1S/C16H16N2OS/c1-20-14-6-4-13(5-7-14)18-16(19)12-3-2-11-8-9-17-15(11)10-12/h2-7,10,17H,8-9H2,1H3,(H,18,19). The van der Waals surface area contributed by atoms with Crippen molar-refractivity contribution in [2.24, 2.45) is 0 Å². The first-order valence-corrected chi connectivity index (χ1v) is 7.81. The highest BCUT2D eigenvalue weighted by molar-refractivity contribution is 7.98. The van der Waals surface area contributed by atoms with Crippen molar-refractivity contribution < 1.29 is 4.79 Å². The lowest BCUT2D eigenvalue weighted by molar-refractivity contribution is 0.102.